The summed E-state index contributed by atoms with van der Waals surface area (Å²) in [4.78, 5) is 0. The topological polar surface area (TPSA) is 12.0 Å². The van der Waals surface area contributed by atoms with Crippen LogP contribution >= 0.6 is 0 Å². The minimum absolute atomic E-state index is 0.184. The van der Waals surface area contributed by atoms with Gasteiger partial charge in [0.15, 0.2) is 0 Å². The molecule has 0 amide bonds. The van der Waals surface area contributed by atoms with Crippen LogP contribution in [0.25, 0.3) is 0 Å². The van der Waals surface area contributed by atoms with Crippen LogP contribution in [-0.4, -0.2) is 18.8 Å². The summed E-state index contributed by atoms with van der Waals surface area (Å²) in [7, 11) is 0. The van der Waals surface area contributed by atoms with Gasteiger partial charge in [0.1, 0.15) is 5.67 Å². The number of halogens is 1. The highest BCUT2D eigenvalue weighted by Crippen LogP contribution is 2.53. The van der Waals surface area contributed by atoms with E-state index in [0.29, 0.717) is 18.8 Å². The summed E-state index contributed by atoms with van der Waals surface area (Å²) in [5, 5.41) is 3.40. The summed E-state index contributed by atoms with van der Waals surface area (Å²) in [6.45, 7) is 4.22. The van der Waals surface area contributed by atoms with Gasteiger partial charge in [-0.15, -0.1) is 0 Å². The zero-order valence-corrected chi connectivity index (χ0v) is 10.4. The van der Waals surface area contributed by atoms with Crippen molar-refractivity contribution >= 4 is 0 Å². The first-order valence-corrected chi connectivity index (χ1v) is 6.53. The maximum absolute atomic E-state index is 14.9. The lowest BCUT2D eigenvalue weighted by Crippen LogP contribution is -2.28. The number of alkyl halides is 1. The Morgan fingerprint density at radius 3 is 2.82 bits per heavy atom. The molecular weight excluding hydrogens is 213 g/mol. The number of hydrogen-bond acceptors (Lipinski definition) is 1. The summed E-state index contributed by atoms with van der Waals surface area (Å²) in [5.74, 6) is 0.524. The molecule has 1 aromatic rings. The van der Waals surface area contributed by atoms with E-state index in [1.807, 2.05) is 30.3 Å². The van der Waals surface area contributed by atoms with E-state index >= 15 is 0 Å². The lowest BCUT2D eigenvalue weighted by atomic mass is 9.82. The van der Waals surface area contributed by atoms with Crippen molar-refractivity contribution < 1.29 is 4.39 Å². The average Bonchev–Trinajstić information content (AvgIpc) is 2.70. The molecule has 1 saturated carbocycles. The Hall–Kier alpha value is -0.890. The van der Waals surface area contributed by atoms with Crippen LogP contribution in [0.4, 0.5) is 4.39 Å². The van der Waals surface area contributed by atoms with E-state index in [4.69, 9.17) is 0 Å². The molecule has 1 aliphatic carbocycles. The minimum Gasteiger partial charge on any atom is -0.316 e. The quantitative estimate of drug-likeness (QED) is 0.828. The second kappa shape index (κ2) is 3.81. The van der Waals surface area contributed by atoms with Crippen LogP contribution in [0.2, 0.25) is 0 Å². The van der Waals surface area contributed by atoms with Crippen molar-refractivity contribution in [3.05, 3.63) is 35.9 Å². The third-order valence-corrected chi connectivity index (χ3v) is 4.60. The monoisotopic (exact) mass is 233 g/mol. The fraction of sp³-hybridized carbons (Fsp3) is 0.600. The molecular formula is C15H20FN. The zero-order valence-electron chi connectivity index (χ0n) is 10.4. The summed E-state index contributed by atoms with van der Waals surface area (Å²) in [5.41, 5.74) is 0.332. The Morgan fingerprint density at radius 2 is 2.12 bits per heavy atom. The lowest BCUT2D eigenvalue weighted by molar-refractivity contribution is 0.149. The Balaban J connectivity index is 1.76. The molecule has 1 aliphatic heterocycles. The zero-order chi connectivity index (χ0) is 11.9. The molecule has 0 radical (unpaired) electrons. The fourth-order valence-electron chi connectivity index (χ4n) is 3.78. The molecule has 0 aromatic heterocycles. The molecule has 3 unspecified atom stereocenters. The van der Waals surface area contributed by atoms with Crippen LogP contribution in [-0.2, 0) is 6.42 Å². The molecule has 17 heavy (non-hydrogen) atoms. The van der Waals surface area contributed by atoms with Gasteiger partial charge in [0.2, 0.25) is 0 Å². The first kappa shape index (κ1) is 11.2. The first-order chi connectivity index (χ1) is 8.10. The van der Waals surface area contributed by atoms with Crippen molar-refractivity contribution in [2.45, 2.75) is 31.9 Å². The normalized spacial score (nSPS) is 40.5. The van der Waals surface area contributed by atoms with E-state index in [9.17, 15) is 4.39 Å². The minimum atomic E-state index is -0.983. The second-order valence-corrected chi connectivity index (χ2v) is 6.18. The van der Waals surface area contributed by atoms with Gasteiger partial charge in [-0.25, -0.2) is 4.39 Å². The predicted molar refractivity (Wildman–Crippen MR) is 67.7 cm³/mol. The Bertz CT molecular complexity index is 405. The van der Waals surface area contributed by atoms with Gasteiger partial charge in [0.05, 0.1) is 0 Å². The van der Waals surface area contributed by atoms with E-state index in [2.05, 4.69) is 12.2 Å². The van der Waals surface area contributed by atoms with Crippen molar-refractivity contribution in [1.82, 2.24) is 5.32 Å². The molecule has 1 heterocycles. The van der Waals surface area contributed by atoms with Crippen LogP contribution in [0.3, 0.4) is 0 Å². The van der Waals surface area contributed by atoms with E-state index in [1.54, 1.807) is 0 Å². The van der Waals surface area contributed by atoms with Crippen LogP contribution < -0.4 is 5.32 Å². The van der Waals surface area contributed by atoms with Gasteiger partial charge in [0, 0.05) is 13.0 Å². The van der Waals surface area contributed by atoms with Crippen molar-refractivity contribution in [2.75, 3.05) is 13.1 Å². The van der Waals surface area contributed by atoms with E-state index < -0.39 is 5.67 Å². The molecule has 0 spiro atoms. The van der Waals surface area contributed by atoms with Gasteiger partial charge in [-0.3, -0.25) is 0 Å². The standard InChI is InChI=1S/C15H20FN/c1-14-10-15(16,8-13(14)9-17-11-14)7-12-5-3-2-4-6-12/h2-6,13,17H,7-11H2,1H3. The average molecular weight is 233 g/mol. The maximum Gasteiger partial charge on any atom is 0.116 e. The van der Waals surface area contributed by atoms with Crippen LogP contribution in [0.15, 0.2) is 30.3 Å². The number of nitrogens with one attached hydrogen (secondary N) is 1. The van der Waals surface area contributed by atoms with E-state index in [1.165, 1.54) is 0 Å². The Kier molecular flexibility index (Phi) is 2.51. The highest BCUT2D eigenvalue weighted by Gasteiger charge is 2.54. The molecule has 2 aliphatic rings. The van der Waals surface area contributed by atoms with Crippen LogP contribution in [0, 0.1) is 11.3 Å². The molecule has 1 N–H and O–H groups in total. The smallest absolute Gasteiger partial charge is 0.116 e. The first-order valence-electron chi connectivity index (χ1n) is 6.53. The molecule has 1 nitrogen and oxygen atoms in total. The molecule has 1 aromatic carbocycles. The second-order valence-electron chi connectivity index (χ2n) is 6.18. The SMILES string of the molecule is CC12CNCC1CC(F)(Cc1ccccc1)C2. The van der Waals surface area contributed by atoms with Crippen LogP contribution in [0.1, 0.15) is 25.3 Å². The largest absolute Gasteiger partial charge is 0.316 e. The van der Waals surface area contributed by atoms with Crippen LogP contribution in [0.5, 0.6) is 0 Å². The van der Waals surface area contributed by atoms with Gasteiger partial charge >= 0.3 is 0 Å². The summed E-state index contributed by atoms with van der Waals surface area (Å²) in [6, 6.07) is 10.1. The molecule has 1 saturated heterocycles. The Labute approximate surface area is 102 Å². The van der Waals surface area contributed by atoms with Gasteiger partial charge in [-0.05, 0) is 36.3 Å². The highest BCUT2D eigenvalue weighted by molar-refractivity contribution is 5.19. The molecule has 0 bridgehead atoms. The molecule has 2 fully saturated rings. The number of benzene rings is 1. The summed E-state index contributed by atoms with van der Waals surface area (Å²) >= 11 is 0. The van der Waals surface area contributed by atoms with Gasteiger partial charge in [-0.2, -0.15) is 0 Å². The summed E-state index contributed by atoms with van der Waals surface area (Å²) in [6.07, 6.45) is 2.03. The number of fused-ring (bicyclic) bond motifs is 1. The Morgan fingerprint density at radius 1 is 1.35 bits per heavy atom. The van der Waals surface area contributed by atoms with Gasteiger partial charge in [0.25, 0.3) is 0 Å². The van der Waals surface area contributed by atoms with Gasteiger partial charge in [-0.1, -0.05) is 37.3 Å². The number of hydrogen-bond donors (Lipinski definition) is 1. The molecule has 92 valence electrons. The predicted octanol–water partition coefficient (Wildman–Crippen LogP) is 2.96. The van der Waals surface area contributed by atoms with Crippen molar-refractivity contribution in [1.29, 1.82) is 0 Å². The van der Waals surface area contributed by atoms with Crippen molar-refractivity contribution in [3.63, 3.8) is 0 Å². The van der Waals surface area contributed by atoms with Crippen molar-refractivity contribution in [3.8, 4) is 0 Å². The van der Waals surface area contributed by atoms with E-state index in [0.717, 1.165) is 25.1 Å². The van der Waals surface area contributed by atoms with E-state index in [-0.39, 0.29) is 5.41 Å². The maximum atomic E-state index is 14.9. The fourth-order valence-corrected chi connectivity index (χ4v) is 3.78. The third kappa shape index (κ3) is 1.99. The summed E-state index contributed by atoms with van der Waals surface area (Å²) < 4.78 is 14.9. The molecule has 2 heteroatoms. The highest BCUT2D eigenvalue weighted by atomic mass is 19.1. The molecule has 3 atom stereocenters. The lowest BCUT2D eigenvalue weighted by Gasteiger charge is -2.24. The van der Waals surface area contributed by atoms with Gasteiger partial charge < -0.3 is 5.32 Å². The van der Waals surface area contributed by atoms with Crippen molar-refractivity contribution in [2.24, 2.45) is 11.3 Å². The number of rotatable bonds is 2. The molecule has 3 rings (SSSR count). The third-order valence-electron chi connectivity index (χ3n) is 4.60.